The highest BCUT2D eigenvalue weighted by Gasteiger charge is 2.25. The molecule has 8 heteroatoms. The number of likely N-dealkylation sites (N-methyl/N-ethyl adjacent to an activating group) is 1. The zero-order chi connectivity index (χ0) is 21.3. The van der Waals surface area contributed by atoms with Crippen LogP contribution in [-0.2, 0) is 31.4 Å². The number of fused-ring (bicyclic) bond motifs is 1. The maximum absolute atomic E-state index is 11.8. The number of anilines is 2. The molecule has 1 N–H and O–H groups in total. The van der Waals surface area contributed by atoms with Gasteiger partial charge in [-0.05, 0) is 31.8 Å². The molecule has 0 spiro atoms. The van der Waals surface area contributed by atoms with E-state index in [1.165, 1.54) is 5.69 Å². The second-order valence-electron chi connectivity index (χ2n) is 8.09. The first-order chi connectivity index (χ1) is 14.4. The summed E-state index contributed by atoms with van der Waals surface area (Å²) in [5.74, 6) is 0.925. The summed E-state index contributed by atoms with van der Waals surface area (Å²) in [4.78, 5) is 15.8. The van der Waals surface area contributed by atoms with Crippen LogP contribution in [0, 0.1) is 0 Å². The van der Waals surface area contributed by atoms with E-state index in [1.807, 2.05) is 27.5 Å². The number of aromatic nitrogens is 4. The summed E-state index contributed by atoms with van der Waals surface area (Å²) in [5.41, 5.74) is 5.50. The van der Waals surface area contributed by atoms with Gasteiger partial charge in [-0.1, -0.05) is 12.1 Å². The number of carbonyl (C=O) groups excluding carboxylic acids is 1. The molecule has 158 valence electrons. The third-order valence-electron chi connectivity index (χ3n) is 5.58. The molecule has 2 aromatic heterocycles. The molecule has 0 aliphatic carbocycles. The Bertz CT molecular complexity index is 1030. The fourth-order valence-electron chi connectivity index (χ4n) is 3.78. The first-order valence-electron chi connectivity index (χ1n) is 10.3. The fourth-order valence-corrected chi connectivity index (χ4v) is 3.78. The first-order valence-corrected chi connectivity index (χ1v) is 10.3. The van der Waals surface area contributed by atoms with Gasteiger partial charge in [0.05, 0.1) is 19.3 Å². The average Bonchev–Trinajstić information content (AvgIpc) is 3.32. The topological polar surface area (TPSA) is 71.2 Å². The van der Waals surface area contributed by atoms with Crippen molar-refractivity contribution in [2.24, 2.45) is 7.05 Å². The highest BCUT2D eigenvalue weighted by atomic mass is 16.2. The molecule has 0 bridgehead atoms. The molecule has 1 amide bonds. The number of aryl methyl sites for hydroxylation is 1. The Hall–Kier alpha value is -3.13. The van der Waals surface area contributed by atoms with Gasteiger partial charge in [0.25, 0.3) is 0 Å². The van der Waals surface area contributed by atoms with Gasteiger partial charge in [0, 0.05) is 62.2 Å². The number of rotatable bonds is 6. The number of hydrogen-bond acceptors (Lipinski definition) is 5. The molecule has 8 nitrogen and oxygen atoms in total. The minimum Gasteiger partial charge on any atom is -0.338 e. The molecule has 3 heterocycles. The van der Waals surface area contributed by atoms with Crippen LogP contribution in [0.3, 0.4) is 0 Å². The molecule has 0 saturated carbocycles. The molecular formula is C22H29N7O. The molecule has 4 rings (SSSR count). The van der Waals surface area contributed by atoms with Crippen molar-refractivity contribution in [1.82, 2.24) is 29.4 Å². The Balaban J connectivity index is 1.48. The second kappa shape index (κ2) is 8.31. The molecule has 1 aromatic carbocycles. The third kappa shape index (κ3) is 4.23. The fraction of sp³-hybridized carbons (Fsp3) is 0.409. The third-order valence-corrected chi connectivity index (χ3v) is 5.58. The molecule has 0 unspecified atom stereocenters. The van der Waals surface area contributed by atoms with Crippen LogP contribution < -0.4 is 5.32 Å². The second-order valence-corrected chi connectivity index (χ2v) is 8.09. The zero-order valence-electron chi connectivity index (χ0n) is 18.1. The summed E-state index contributed by atoms with van der Waals surface area (Å²) in [6.45, 7) is 4.80. The van der Waals surface area contributed by atoms with Crippen LogP contribution in [-0.4, -0.2) is 62.5 Å². The van der Waals surface area contributed by atoms with E-state index in [-0.39, 0.29) is 5.91 Å². The lowest BCUT2D eigenvalue weighted by Gasteiger charge is -2.26. The Morgan fingerprint density at radius 2 is 1.97 bits per heavy atom. The number of carbonyl (C=O) groups is 1. The van der Waals surface area contributed by atoms with Crippen LogP contribution in [0.2, 0.25) is 0 Å². The van der Waals surface area contributed by atoms with Crippen LogP contribution in [0.15, 0.2) is 36.7 Å². The van der Waals surface area contributed by atoms with Gasteiger partial charge in [-0.25, -0.2) is 0 Å². The minimum atomic E-state index is 0.103. The molecule has 0 atom stereocenters. The van der Waals surface area contributed by atoms with E-state index in [9.17, 15) is 4.79 Å². The predicted molar refractivity (Wildman–Crippen MR) is 118 cm³/mol. The Labute approximate surface area is 177 Å². The summed E-state index contributed by atoms with van der Waals surface area (Å²) in [6, 6.07) is 8.29. The van der Waals surface area contributed by atoms with E-state index in [1.54, 1.807) is 6.92 Å². The molecule has 0 saturated heterocycles. The highest BCUT2D eigenvalue weighted by molar-refractivity contribution is 5.74. The average molecular weight is 408 g/mol. The Morgan fingerprint density at radius 1 is 1.20 bits per heavy atom. The van der Waals surface area contributed by atoms with Gasteiger partial charge in [-0.3, -0.25) is 14.2 Å². The molecule has 3 aromatic rings. The van der Waals surface area contributed by atoms with Gasteiger partial charge in [0.15, 0.2) is 5.82 Å². The van der Waals surface area contributed by atoms with Gasteiger partial charge in [0.1, 0.15) is 0 Å². The normalized spacial score (nSPS) is 13.6. The van der Waals surface area contributed by atoms with Crippen molar-refractivity contribution in [3.63, 3.8) is 0 Å². The van der Waals surface area contributed by atoms with Crippen molar-refractivity contribution in [2.75, 3.05) is 32.5 Å². The summed E-state index contributed by atoms with van der Waals surface area (Å²) in [5, 5.41) is 12.5. The number of amides is 1. The Morgan fingerprint density at radius 3 is 2.67 bits per heavy atom. The lowest BCUT2D eigenvalue weighted by Crippen LogP contribution is -2.34. The monoisotopic (exact) mass is 407 g/mol. The summed E-state index contributed by atoms with van der Waals surface area (Å²) in [6.07, 6.45) is 4.82. The predicted octanol–water partition coefficient (Wildman–Crippen LogP) is 2.49. The molecule has 0 fully saturated rings. The van der Waals surface area contributed by atoms with Crippen LogP contribution in [0.4, 0.5) is 11.5 Å². The van der Waals surface area contributed by atoms with Crippen LogP contribution in [0.1, 0.15) is 18.2 Å². The summed E-state index contributed by atoms with van der Waals surface area (Å²) < 4.78 is 3.90. The SMILES string of the molecule is CC(=O)N1CCc2c(c(Nc3ccc(-c4cnn(CCN(C)C)c4)cc3)nn2C)C1. The number of nitrogens with one attached hydrogen (secondary N) is 1. The number of benzene rings is 1. The maximum Gasteiger partial charge on any atom is 0.219 e. The van der Waals surface area contributed by atoms with Crippen LogP contribution in [0.25, 0.3) is 11.1 Å². The van der Waals surface area contributed by atoms with Crippen LogP contribution >= 0.6 is 0 Å². The van der Waals surface area contributed by atoms with Gasteiger partial charge in [-0.15, -0.1) is 0 Å². The largest absolute Gasteiger partial charge is 0.338 e. The van der Waals surface area contributed by atoms with Crippen LogP contribution in [0.5, 0.6) is 0 Å². The summed E-state index contributed by atoms with van der Waals surface area (Å²) >= 11 is 0. The molecule has 30 heavy (non-hydrogen) atoms. The number of nitrogens with zero attached hydrogens (tertiary/aromatic N) is 6. The molecule has 1 aliphatic heterocycles. The highest BCUT2D eigenvalue weighted by Crippen LogP contribution is 2.29. The van der Waals surface area contributed by atoms with E-state index in [0.717, 1.165) is 54.3 Å². The van der Waals surface area contributed by atoms with E-state index in [2.05, 4.69) is 65.0 Å². The maximum atomic E-state index is 11.8. The number of hydrogen-bond donors (Lipinski definition) is 1. The molecule has 1 aliphatic rings. The standard InChI is InChI=1S/C22H29N7O/c1-16(30)28-10-9-21-20(15-28)22(25-27(21)4)24-19-7-5-17(6-8-19)18-13-23-29(14-18)12-11-26(2)3/h5-8,13-14H,9-12,15H2,1-4H3,(H,24,25). The first kappa shape index (κ1) is 20.2. The lowest BCUT2D eigenvalue weighted by molar-refractivity contribution is -0.129. The summed E-state index contributed by atoms with van der Waals surface area (Å²) in [7, 11) is 6.09. The van der Waals surface area contributed by atoms with Crippen molar-refractivity contribution in [2.45, 2.75) is 26.4 Å². The van der Waals surface area contributed by atoms with Crippen molar-refractivity contribution >= 4 is 17.4 Å². The molecule has 0 radical (unpaired) electrons. The quantitative estimate of drug-likeness (QED) is 0.680. The Kier molecular flexibility index (Phi) is 5.59. The van der Waals surface area contributed by atoms with Crippen molar-refractivity contribution in [3.8, 4) is 11.1 Å². The van der Waals surface area contributed by atoms with Crippen molar-refractivity contribution in [1.29, 1.82) is 0 Å². The minimum absolute atomic E-state index is 0.103. The van der Waals surface area contributed by atoms with Gasteiger partial charge < -0.3 is 15.1 Å². The lowest BCUT2D eigenvalue weighted by atomic mass is 10.1. The molecular weight excluding hydrogens is 378 g/mol. The zero-order valence-corrected chi connectivity index (χ0v) is 18.1. The van der Waals surface area contributed by atoms with E-state index in [0.29, 0.717) is 6.54 Å². The van der Waals surface area contributed by atoms with Gasteiger partial charge in [-0.2, -0.15) is 10.2 Å². The van der Waals surface area contributed by atoms with Gasteiger partial charge >= 0.3 is 0 Å². The van der Waals surface area contributed by atoms with Gasteiger partial charge in [0.2, 0.25) is 5.91 Å². The van der Waals surface area contributed by atoms with Crippen molar-refractivity contribution in [3.05, 3.63) is 47.9 Å². The smallest absolute Gasteiger partial charge is 0.219 e. The van der Waals surface area contributed by atoms with Crippen molar-refractivity contribution < 1.29 is 4.79 Å². The van der Waals surface area contributed by atoms with E-state index in [4.69, 9.17) is 0 Å². The van der Waals surface area contributed by atoms with E-state index >= 15 is 0 Å². The van der Waals surface area contributed by atoms with E-state index < -0.39 is 0 Å².